The molecule has 0 aliphatic carbocycles. The number of nitrogens with zero attached hydrogens (tertiary/aromatic N) is 3. The van der Waals surface area contributed by atoms with Crippen molar-refractivity contribution in [3.05, 3.63) is 62.5 Å². The van der Waals surface area contributed by atoms with E-state index < -0.39 is 0 Å². The summed E-state index contributed by atoms with van der Waals surface area (Å²) in [6.45, 7) is 5.36. The van der Waals surface area contributed by atoms with Crippen LogP contribution in [0.4, 0.5) is 0 Å². The largest absolute Gasteiger partial charge is 0.451 e. The predicted octanol–water partition coefficient (Wildman–Crippen LogP) is 4.73. The molecule has 1 aromatic carbocycles. The topological polar surface area (TPSA) is 71.3 Å². The first-order chi connectivity index (χ1) is 15.2. The lowest BCUT2D eigenvalue weighted by Gasteiger charge is -2.26. The molecule has 0 unspecified atom stereocenters. The monoisotopic (exact) mass is 470 g/mol. The van der Waals surface area contributed by atoms with Crippen molar-refractivity contribution in [1.82, 2.24) is 20.4 Å². The fourth-order valence-corrected chi connectivity index (χ4v) is 6.53. The van der Waals surface area contributed by atoms with Crippen molar-refractivity contribution in [3.63, 3.8) is 0 Å². The number of aryl methyl sites for hydroxylation is 1. The Bertz CT molecular complexity index is 1210. The molecule has 0 radical (unpaired) electrons. The quantitative estimate of drug-likeness (QED) is 0.394. The number of nitrogens with one attached hydrogen (secondary N) is 1. The van der Waals surface area contributed by atoms with E-state index in [0.717, 1.165) is 51.9 Å². The van der Waals surface area contributed by atoms with Gasteiger partial charge in [-0.1, -0.05) is 41.3 Å². The van der Waals surface area contributed by atoms with Crippen LogP contribution in [0.3, 0.4) is 0 Å². The summed E-state index contributed by atoms with van der Waals surface area (Å²) in [5.41, 5.74) is 3.07. The highest BCUT2D eigenvalue weighted by Gasteiger charge is 2.22. The second kappa shape index (κ2) is 9.12. The summed E-state index contributed by atoms with van der Waals surface area (Å²) in [4.78, 5) is 16.9. The van der Waals surface area contributed by atoms with Crippen molar-refractivity contribution in [3.8, 4) is 0 Å². The maximum absolute atomic E-state index is 13.0. The van der Waals surface area contributed by atoms with Gasteiger partial charge in [0, 0.05) is 47.8 Å². The summed E-state index contributed by atoms with van der Waals surface area (Å²) in [6, 6.07) is 10.0. The van der Waals surface area contributed by atoms with Gasteiger partial charge in [-0.2, -0.15) is 0 Å². The minimum Gasteiger partial charge on any atom is -0.451 e. The van der Waals surface area contributed by atoms with Crippen LogP contribution in [0.1, 0.15) is 31.6 Å². The summed E-state index contributed by atoms with van der Waals surface area (Å²) >= 11 is 4.99. The number of aromatic nitrogens is 2. The average molecular weight is 471 g/mol. The molecule has 160 valence electrons. The number of carbonyl (C=O) groups excluding carboxylic acids is 1. The number of hydrogen-bond donors (Lipinski definition) is 1. The van der Waals surface area contributed by atoms with Crippen LogP contribution in [0.2, 0.25) is 0 Å². The third-order valence-electron chi connectivity index (χ3n) is 5.35. The van der Waals surface area contributed by atoms with Gasteiger partial charge in [-0.05, 0) is 36.4 Å². The first-order valence-electron chi connectivity index (χ1n) is 10.2. The SMILES string of the molecule is Cc1nnc(SCc2c(C(=O)NCCN3CCc4sccc4C3)oc3ccccc23)s1. The third kappa shape index (κ3) is 4.55. The van der Waals surface area contributed by atoms with Gasteiger partial charge in [0.05, 0.1) is 0 Å². The number of benzene rings is 1. The van der Waals surface area contributed by atoms with Gasteiger partial charge in [0.2, 0.25) is 0 Å². The molecule has 0 saturated heterocycles. The zero-order chi connectivity index (χ0) is 21.2. The number of carbonyl (C=O) groups is 1. The van der Waals surface area contributed by atoms with E-state index in [0.29, 0.717) is 18.1 Å². The third-order valence-corrected chi connectivity index (χ3v) is 8.37. The molecule has 1 aliphatic rings. The average Bonchev–Trinajstić information content (AvgIpc) is 3.50. The van der Waals surface area contributed by atoms with Crippen molar-refractivity contribution in [2.75, 3.05) is 19.6 Å². The van der Waals surface area contributed by atoms with E-state index in [1.54, 1.807) is 23.1 Å². The fraction of sp³-hybridized carbons (Fsp3) is 0.318. The number of amides is 1. The van der Waals surface area contributed by atoms with E-state index in [-0.39, 0.29) is 5.91 Å². The molecule has 1 aliphatic heterocycles. The van der Waals surface area contributed by atoms with Crippen molar-refractivity contribution >= 4 is 51.3 Å². The van der Waals surface area contributed by atoms with Crippen LogP contribution in [0.25, 0.3) is 11.0 Å². The number of fused-ring (bicyclic) bond motifs is 2. The molecule has 3 aromatic heterocycles. The van der Waals surface area contributed by atoms with Crippen LogP contribution in [-0.2, 0) is 18.7 Å². The lowest BCUT2D eigenvalue weighted by atomic mass is 10.1. The number of thioether (sulfide) groups is 1. The van der Waals surface area contributed by atoms with Crippen LogP contribution < -0.4 is 5.32 Å². The number of furan rings is 1. The van der Waals surface area contributed by atoms with Gasteiger partial charge in [-0.15, -0.1) is 21.5 Å². The molecule has 0 atom stereocenters. The van der Waals surface area contributed by atoms with Crippen molar-refractivity contribution < 1.29 is 9.21 Å². The van der Waals surface area contributed by atoms with E-state index in [2.05, 4.69) is 31.9 Å². The Balaban J connectivity index is 1.25. The molecule has 0 spiro atoms. The van der Waals surface area contributed by atoms with Crippen molar-refractivity contribution in [2.45, 2.75) is 30.0 Å². The molecule has 31 heavy (non-hydrogen) atoms. The van der Waals surface area contributed by atoms with Gasteiger partial charge < -0.3 is 9.73 Å². The lowest BCUT2D eigenvalue weighted by molar-refractivity contribution is 0.0921. The highest BCUT2D eigenvalue weighted by atomic mass is 32.2. The summed E-state index contributed by atoms with van der Waals surface area (Å²) in [5, 5.41) is 15.4. The highest BCUT2D eigenvalue weighted by Crippen LogP contribution is 2.33. The zero-order valence-electron chi connectivity index (χ0n) is 17.1. The molecule has 0 saturated carbocycles. The summed E-state index contributed by atoms with van der Waals surface area (Å²) < 4.78 is 6.86. The molecule has 6 nitrogen and oxygen atoms in total. The Morgan fingerprint density at radius 2 is 2.19 bits per heavy atom. The Labute approximate surface area is 192 Å². The maximum atomic E-state index is 13.0. The second-order valence-corrected chi connectivity index (χ2v) is 10.8. The summed E-state index contributed by atoms with van der Waals surface area (Å²) in [5.74, 6) is 0.851. The van der Waals surface area contributed by atoms with E-state index in [4.69, 9.17) is 4.42 Å². The lowest BCUT2D eigenvalue weighted by Crippen LogP contribution is -2.37. The van der Waals surface area contributed by atoms with Crippen molar-refractivity contribution in [1.29, 1.82) is 0 Å². The van der Waals surface area contributed by atoms with E-state index >= 15 is 0 Å². The molecular weight excluding hydrogens is 448 g/mol. The summed E-state index contributed by atoms with van der Waals surface area (Å²) in [6.07, 6.45) is 1.09. The molecule has 1 amide bonds. The molecule has 9 heteroatoms. The van der Waals surface area contributed by atoms with Crippen LogP contribution in [0, 0.1) is 6.92 Å². The van der Waals surface area contributed by atoms with E-state index in [9.17, 15) is 4.79 Å². The normalized spacial score (nSPS) is 14.1. The van der Waals surface area contributed by atoms with Crippen LogP contribution in [-0.4, -0.2) is 40.6 Å². The van der Waals surface area contributed by atoms with Crippen LogP contribution in [0.5, 0.6) is 0 Å². The molecule has 0 fully saturated rings. The second-order valence-electron chi connectivity index (χ2n) is 7.43. The van der Waals surface area contributed by atoms with Crippen LogP contribution in [0.15, 0.2) is 44.5 Å². The predicted molar refractivity (Wildman–Crippen MR) is 126 cm³/mol. The Hall–Kier alpha value is -2.20. The number of rotatable bonds is 7. The molecule has 4 heterocycles. The first kappa shape index (κ1) is 20.7. The van der Waals surface area contributed by atoms with E-state index in [1.807, 2.05) is 42.5 Å². The Morgan fingerprint density at radius 3 is 3.06 bits per heavy atom. The first-order valence-corrected chi connectivity index (χ1v) is 12.8. The Kier molecular flexibility index (Phi) is 6.08. The van der Waals surface area contributed by atoms with Crippen LogP contribution >= 0.6 is 34.4 Å². The number of para-hydroxylation sites is 1. The molecule has 5 rings (SSSR count). The van der Waals surface area contributed by atoms with Gasteiger partial charge in [0.1, 0.15) is 10.6 Å². The van der Waals surface area contributed by atoms with Gasteiger partial charge in [-0.25, -0.2) is 0 Å². The van der Waals surface area contributed by atoms with Crippen molar-refractivity contribution in [2.24, 2.45) is 0 Å². The zero-order valence-corrected chi connectivity index (χ0v) is 19.5. The molecular formula is C22H22N4O2S3. The maximum Gasteiger partial charge on any atom is 0.287 e. The molecule has 1 N–H and O–H groups in total. The van der Waals surface area contributed by atoms with Gasteiger partial charge in [0.15, 0.2) is 10.1 Å². The number of thiophene rings is 1. The van der Waals surface area contributed by atoms with Gasteiger partial charge in [-0.3, -0.25) is 9.69 Å². The number of hydrogen-bond acceptors (Lipinski definition) is 8. The summed E-state index contributed by atoms with van der Waals surface area (Å²) in [7, 11) is 0. The highest BCUT2D eigenvalue weighted by molar-refractivity contribution is 8.00. The van der Waals surface area contributed by atoms with E-state index in [1.165, 1.54) is 10.4 Å². The standard InChI is InChI=1S/C22H22N4O2S3/c1-14-24-25-22(31-14)30-13-17-16-4-2-3-5-18(16)28-20(17)21(27)23-8-10-26-9-6-19-15(12-26)7-11-29-19/h2-5,7,11H,6,8-10,12-13H2,1H3,(H,23,27). The van der Waals surface area contributed by atoms with Gasteiger partial charge in [0.25, 0.3) is 5.91 Å². The minimum atomic E-state index is -0.159. The molecule has 0 bridgehead atoms. The molecule has 4 aromatic rings. The Morgan fingerprint density at radius 1 is 1.29 bits per heavy atom. The van der Waals surface area contributed by atoms with Gasteiger partial charge >= 0.3 is 0 Å². The smallest absolute Gasteiger partial charge is 0.287 e. The fourth-order valence-electron chi connectivity index (χ4n) is 3.80. The minimum absolute atomic E-state index is 0.159.